The highest BCUT2D eigenvalue weighted by Crippen LogP contribution is 2.06. The fourth-order valence-electron chi connectivity index (χ4n) is 1.42. The second-order valence-electron chi connectivity index (χ2n) is 4.25. The molecule has 0 saturated heterocycles. The van der Waals surface area contributed by atoms with Gasteiger partial charge in [-0.2, -0.15) is 0 Å². The largest absolute Gasteiger partial charge is 0.467 e. The summed E-state index contributed by atoms with van der Waals surface area (Å²) < 4.78 is 9.24. The molecular formula is C12H21NO5. The number of amides is 1. The Bertz CT molecular complexity index is 301. The van der Waals surface area contributed by atoms with Crippen molar-refractivity contribution in [1.29, 1.82) is 0 Å². The molecule has 0 aromatic rings. The quantitative estimate of drug-likeness (QED) is 0.536. The lowest BCUT2D eigenvalue weighted by Gasteiger charge is -2.17. The van der Waals surface area contributed by atoms with Gasteiger partial charge in [-0.15, -0.1) is 0 Å². The molecule has 0 aliphatic rings. The smallest absolute Gasteiger partial charge is 0.328 e. The minimum atomic E-state index is -0.725. The summed E-state index contributed by atoms with van der Waals surface area (Å²) in [5.41, 5.74) is 0. The summed E-state index contributed by atoms with van der Waals surface area (Å²) in [4.78, 5) is 34.1. The van der Waals surface area contributed by atoms with Crippen LogP contribution in [0.15, 0.2) is 0 Å². The third kappa shape index (κ3) is 6.88. The molecule has 1 unspecified atom stereocenters. The lowest BCUT2D eigenvalue weighted by atomic mass is 10.0. The van der Waals surface area contributed by atoms with Crippen LogP contribution >= 0.6 is 0 Å². The molecule has 0 rings (SSSR count). The van der Waals surface area contributed by atoms with E-state index in [1.807, 2.05) is 13.8 Å². The van der Waals surface area contributed by atoms with Gasteiger partial charge in [0.2, 0.25) is 5.91 Å². The summed E-state index contributed by atoms with van der Waals surface area (Å²) in [6.45, 7) is 5.73. The minimum absolute atomic E-state index is 0.219. The van der Waals surface area contributed by atoms with E-state index in [0.29, 0.717) is 6.42 Å². The SMILES string of the molecule is CCOC(=O)CC(=O)NC(CC(C)C)C(=O)OC. The number of ether oxygens (including phenoxy) is 2. The van der Waals surface area contributed by atoms with Crippen molar-refractivity contribution in [3.63, 3.8) is 0 Å². The van der Waals surface area contributed by atoms with E-state index < -0.39 is 23.9 Å². The van der Waals surface area contributed by atoms with Gasteiger partial charge in [0.1, 0.15) is 12.5 Å². The third-order valence-electron chi connectivity index (χ3n) is 2.14. The second kappa shape index (κ2) is 8.49. The maximum atomic E-state index is 11.5. The molecule has 104 valence electrons. The van der Waals surface area contributed by atoms with Gasteiger partial charge in [-0.25, -0.2) is 4.79 Å². The zero-order valence-corrected chi connectivity index (χ0v) is 11.3. The van der Waals surface area contributed by atoms with Gasteiger partial charge >= 0.3 is 11.9 Å². The molecule has 0 heterocycles. The van der Waals surface area contributed by atoms with Gasteiger partial charge in [0.15, 0.2) is 0 Å². The molecule has 0 aromatic heterocycles. The molecule has 1 amide bonds. The number of hydrogen-bond donors (Lipinski definition) is 1. The summed E-state index contributed by atoms with van der Waals surface area (Å²) in [5, 5.41) is 2.47. The van der Waals surface area contributed by atoms with E-state index in [1.54, 1.807) is 6.92 Å². The van der Waals surface area contributed by atoms with E-state index >= 15 is 0 Å². The molecule has 6 nitrogen and oxygen atoms in total. The van der Waals surface area contributed by atoms with Crippen molar-refractivity contribution in [3.8, 4) is 0 Å². The monoisotopic (exact) mass is 259 g/mol. The Morgan fingerprint density at radius 2 is 1.83 bits per heavy atom. The average molecular weight is 259 g/mol. The van der Waals surface area contributed by atoms with Crippen LogP contribution in [-0.4, -0.2) is 37.6 Å². The van der Waals surface area contributed by atoms with Crippen molar-refractivity contribution in [1.82, 2.24) is 5.32 Å². The van der Waals surface area contributed by atoms with Gasteiger partial charge in [0.25, 0.3) is 0 Å². The molecular weight excluding hydrogens is 238 g/mol. The van der Waals surface area contributed by atoms with Crippen LogP contribution in [0.2, 0.25) is 0 Å². The highest BCUT2D eigenvalue weighted by atomic mass is 16.5. The Morgan fingerprint density at radius 3 is 2.28 bits per heavy atom. The summed E-state index contributed by atoms with van der Waals surface area (Å²) in [7, 11) is 1.26. The standard InChI is InChI=1S/C12H21NO5/c1-5-18-11(15)7-10(14)13-9(6-8(2)3)12(16)17-4/h8-9H,5-7H2,1-4H3,(H,13,14). The van der Waals surface area contributed by atoms with E-state index in [1.165, 1.54) is 7.11 Å². The molecule has 0 saturated carbocycles. The fraction of sp³-hybridized carbons (Fsp3) is 0.750. The number of nitrogens with one attached hydrogen (secondary N) is 1. The molecule has 0 aromatic carbocycles. The third-order valence-corrected chi connectivity index (χ3v) is 2.14. The van der Waals surface area contributed by atoms with Gasteiger partial charge in [-0.1, -0.05) is 13.8 Å². The summed E-state index contributed by atoms with van der Waals surface area (Å²) in [6, 6.07) is -0.725. The van der Waals surface area contributed by atoms with Gasteiger partial charge in [0, 0.05) is 0 Å². The van der Waals surface area contributed by atoms with Crippen molar-refractivity contribution in [2.45, 2.75) is 39.7 Å². The molecule has 18 heavy (non-hydrogen) atoms. The van der Waals surface area contributed by atoms with Crippen LogP contribution in [0.3, 0.4) is 0 Å². The van der Waals surface area contributed by atoms with E-state index in [-0.39, 0.29) is 18.9 Å². The maximum absolute atomic E-state index is 11.5. The Hall–Kier alpha value is -1.59. The molecule has 0 aliphatic carbocycles. The Kier molecular flexibility index (Phi) is 7.74. The predicted octanol–water partition coefficient (Wildman–Crippen LogP) is 0.643. The molecule has 0 radical (unpaired) electrons. The lowest BCUT2D eigenvalue weighted by molar-refractivity contribution is -0.149. The Labute approximate surface area is 107 Å². The molecule has 0 fully saturated rings. The highest BCUT2D eigenvalue weighted by Gasteiger charge is 2.23. The Balaban J connectivity index is 4.35. The van der Waals surface area contributed by atoms with E-state index in [0.717, 1.165) is 0 Å². The number of hydrogen-bond acceptors (Lipinski definition) is 5. The van der Waals surface area contributed by atoms with Crippen molar-refractivity contribution >= 4 is 17.8 Å². The van der Waals surface area contributed by atoms with Crippen molar-refractivity contribution in [2.75, 3.05) is 13.7 Å². The van der Waals surface area contributed by atoms with Crippen molar-refractivity contribution < 1.29 is 23.9 Å². The van der Waals surface area contributed by atoms with Gasteiger partial charge in [-0.3, -0.25) is 9.59 Å². The summed E-state index contributed by atoms with van der Waals surface area (Å²) in [6.07, 6.45) is 0.0701. The van der Waals surface area contributed by atoms with E-state index in [9.17, 15) is 14.4 Å². The first-order valence-electron chi connectivity index (χ1n) is 5.93. The van der Waals surface area contributed by atoms with Crippen LogP contribution in [0.5, 0.6) is 0 Å². The van der Waals surface area contributed by atoms with Gasteiger partial charge in [-0.05, 0) is 19.3 Å². The van der Waals surface area contributed by atoms with Crippen LogP contribution in [-0.2, 0) is 23.9 Å². The average Bonchev–Trinajstić information content (AvgIpc) is 2.26. The number of carbonyl (C=O) groups excluding carboxylic acids is 3. The van der Waals surface area contributed by atoms with Crippen LogP contribution in [0.1, 0.15) is 33.6 Å². The second-order valence-corrected chi connectivity index (χ2v) is 4.25. The first-order chi connectivity index (χ1) is 8.40. The van der Waals surface area contributed by atoms with E-state index in [4.69, 9.17) is 0 Å². The van der Waals surface area contributed by atoms with Crippen molar-refractivity contribution in [2.24, 2.45) is 5.92 Å². The number of carbonyl (C=O) groups is 3. The summed E-state index contributed by atoms with van der Waals surface area (Å²) >= 11 is 0. The predicted molar refractivity (Wildman–Crippen MR) is 64.7 cm³/mol. The van der Waals surface area contributed by atoms with Crippen LogP contribution in [0, 0.1) is 5.92 Å². The number of rotatable bonds is 7. The summed E-state index contributed by atoms with van der Waals surface area (Å²) in [5.74, 6) is -1.44. The topological polar surface area (TPSA) is 81.7 Å². The zero-order chi connectivity index (χ0) is 14.1. The molecule has 0 bridgehead atoms. The van der Waals surface area contributed by atoms with E-state index in [2.05, 4.69) is 14.8 Å². The van der Waals surface area contributed by atoms with Gasteiger partial charge in [0.05, 0.1) is 13.7 Å². The minimum Gasteiger partial charge on any atom is -0.467 e. The molecule has 1 N–H and O–H groups in total. The normalized spacial score (nSPS) is 11.8. The molecule has 1 atom stereocenters. The molecule has 0 spiro atoms. The van der Waals surface area contributed by atoms with Crippen LogP contribution < -0.4 is 5.32 Å². The molecule has 6 heteroatoms. The van der Waals surface area contributed by atoms with Crippen LogP contribution in [0.25, 0.3) is 0 Å². The van der Waals surface area contributed by atoms with Crippen LogP contribution in [0.4, 0.5) is 0 Å². The maximum Gasteiger partial charge on any atom is 0.328 e. The Morgan fingerprint density at radius 1 is 1.22 bits per heavy atom. The number of esters is 2. The lowest BCUT2D eigenvalue weighted by Crippen LogP contribution is -2.43. The first-order valence-corrected chi connectivity index (χ1v) is 5.93. The molecule has 0 aliphatic heterocycles. The first kappa shape index (κ1) is 16.4. The zero-order valence-electron chi connectivity index (χ0n) is 11.3. The number of methoxy groups -OCH3 is 1. The van der Waals surface area contributed by atoms with Gasteiger partial charge < -0.3 is 14.8 Å². The van der Waals surface area contributed by atoms with Crippen molar-refractivity contribution in [3.05, 3.63) is 0 Å². The highest BCUT2D eigenvalue weighted by molar-refractivity contribution is 5.96. The fourth-order valence-corrected chi connectivity index (χ4v) is 1.42.